The zero-order chi connectivity index (χ0) is 19.9. The summed E-state index contributed by atoms with van der Waals surface area (Å²) in [5.74, 6) is 0.0117. The molecule has 0 aliphatic heterocycles. The third kappa shape index (κ3) is 4.98. The van der Waals surface area contributed by atoms with Gasteiger partial charge in [0.1, 0.15) is 12.4 Å². The van der Waals surface area contributed by atoms with Crippen molar-refractivity contribution in [1.82, 2.24) is 0 Å². The molecule has 0 bridgehead atoms. The Morgan fingerprint density at radius 2 is 1.54 bits per heavy atom. The summed E-state index contributed by atoms with van der Waals surface area (Å²) in [5, 5.41) is 2.79. The van der Waals surface area contributed by atoms with Crippen molar-refractivity contribution in [1.29, 1.82) is 0 Å². The quantitative estimate of drug-likeness (QED) is 0.544. The number of hydrogen-bond acceptors (Lipinski definition) is 4. The summed E-state index contributed by atoms with van der Waals surface area (Å²) in [6.07, 6.45) is 0. The summed E-state index contributed by atoms with van der Waals surface area (Å²) in [4.78, 5) is 24.5. The first kappa shape index (κ1) is 19.6. The van der Waals surface area contributed by atoms with E-state index in [9.17, 15) is 9.59 Å². The van der Waals surface area contributed by atoms with Gasteiger partial charge in [-0.1, -0.05) is 34.1 Å². The van der Waals surface area contributed by atoms with Crippen LogP contribution in [0.2, 0.25) is 0 Å². The van der Waals surface area contributed by atoms with Crippen molar-refractivity contribution in [2.75, 3.05) is 12.4 Å². The van der Waals surface area contributed by atoms with Crippen LogP contribution in [0.15, 0.2) is 77.3 Å². The van der Waals surface area contributed by atoms with E-state index in [-0.39, 0.29) is 12.5 Å². The van der Waals surface area contributed by atoms with Crippen LogP contribution in [0.1, 0.15) is 26.3 Å². The van der Waals surface area contributed by atoms with Gasteiger partial charge in [-0.3, -0.25) is 4.79 Å². The van der Waals surface area contributed by atoms with Gasteiger partial charge in [-0.25, -0.2) is 4.79 Å². The van der Waals surface area contributed by atoms with Crippen molar-refractivity contribution in [3.05, 3.63) is 94.0 Å². The molecule has 0 aliphatic carbocycles. The van der Waals surface area contributed by atoms with Gasteiger partial charge < -0.3 is 14.8 Å². The second-order valence-corrected chi connectivity index (χ2v) is 6.78. The molecule has 0 fully saturated rings. The van der Waals surface area contributed by atoms with E-state index in [4.69, 9.17) is 9.47 Å². The van der Waals surface area contributed by atoms with E-state index in [1.165, 1.54) is 0 Å². The van der Waals surface area contributed by atoms with Crippen LogP contribution in [0.4, 0.5) is 5.69 Å². The number of rotatable bonds is 6. The molecule has 0 spiro atoms. The molecule has 6 heteroatoms. The summed E-state index contributed by atoms with van der Waals surface area (Å²) < 4.78 is 11.3. The molecule has 3 aromatic rings. The number of amides is 1. The molecule has 0 radical (unpaired) electrons. The predicted molar refractivity (Wildman–Crippen MR) is 111 cm³/mol. The first-order chi connectivity index (χ1) is 13.6. The number of carbonyl (C=O) groups is 2. The number of nitrogens with one attached hydrogen (secondary N) is 1. The Kier molecular flexibility index (Phi) is 6.45. The highest BCUT2D eigenvalue weighted by Gasteiger charge is 2.10. The highest BCUT2D eigenvalue weighted by atomic mass is 79.9. The topological polar surface area (TPSA) is 64.6 Å². The molecule has 28 heavy (non-hydrogen) atoms. The van der Waals surface area contributed by atoms with Crippen LogP contribution in [-0.4, -0.2) is 19.0 Å². The Morgan fingerprint density at radius 3 is 2.18 bits per heavy atom. The average molecular weight is 440 g/mol. The molecule has 0 atom stereocenters. The second-order valence-electron chi connectivity index (χ2n) is 5.93. The minimum absolute atomic E-state index is 0.177. The third-order valence-corrected chi connectivity index (χ3v) is 4.82. The van der Waals surface area contributed by atoms with Gasteiger partial charge in [0.25, 0.3) is 5.91 Å². The Morgan fingerprint density at radius 1 is 0.893 bits per heavy atom. The molecule has 142 valence electrons. The van der Waals surface area contributed by atoms with Crippen molar-refractivity contribution in [2.24, 2.45) is 0 Å². The fraction of sp³-hybridized carbons (Fsp3) is 0.0909. The maximum atomic E-state index is 12.3. The SMILES string of the molecule is COc1ccc(C(=O)Nc2ccc(C(=O)OCc3ccccc3Br)cc2)cc1. The molecule has 0 saturated heterocycles. The average Bonchev–Trinajstić information content (AvgIpc) is 2.73. The summed E-state index contributed by atoms with van der Waals surface area (Å²) >= 11 is 3.42. The van der Waals surface area contributed by atoms with Crippen LogP contribution in [0, 0.1) is 0 Å². The fourth-order valence-electron chi connectivity index (χ4n) is 2.48. The Labute approximate surface area is 171 Å². The molecule has 0 aromatic heterocycles. The Hall–Kier alpha value is -3.12. The molecule has 1 N–H and O–H groups in total. The highest BCUT2D eigenvalue weighted by molar-refractivity contribution is 9.10. The van der Waals surface area contributed by atoms with Gasteiger partial charge in [0.05, 0.1) is 12.7 Å². The van der Waals surface area contributed by atoms with Gasteiger partial charge in [0, 0.05) is 21.3 Å². The first-order valence-corrected chi connectivity index (χ1v) is 9.32. The van der Waals surface area contributed by atoms with Gasteiger partial charge in [0.15, 0.2) is 0 Å². The van der Waals surface area contributed by atoms with Crippen molar-refractivity contribution in [2.45, 2.75) is 6.61 Å². The molecular formula is C22H18BrNO4. The zero-order valence-corrected chi connectivity index (χ0v) is 16.7. The normalized spacial score (nSPS) is 10.2. The minimum atomic E-state index is -0.427. The van der Waals surface area contributed by atoms with E-state index in [1.54, 1.807) is 55.6 Å². The van der Waals surface area contributed by atoms with Gasteiger partial charge >= 0.3 is 5.97 Å². The van der Waals surface area contributed by atoms with E-state index in [1.807, 2.05) is 24.3 Å². The van der Waals surface area contributed by atoms with Crippen LogP contribution < -0.4 is 10.1 Å². The maximum absolute atomic E-state index is 12.3. The lowest BCUT2D eigenvalue weighted by molar-refractivity contribution is 0.0472. The number of ether oxygens (including phenoxy) is 2. The summed E-state index contributed by atoms with van der Waals surface area (Å²) in [6, 6.07) is 20.9. The molecule has 0 heterocycles. The maximum Gasteiger partial charge on any atom is 0.338 e. The van der Waals surface area contributed by atoms with Crippen LogP contribution in [0.5, 0.6) is 5.75 Å². The fourth-order valence-corrected chi connectivity index (χ4v) is 2.88. The van der Waals surface area contributed by atoms with Gasteiger partial charge in [-0.15, -0.1) is 0 Å². The number of carbonyl (C=O) groups excluding carboxylic acids is 2. The Balaban J connectivity index is 1.58. The summed E-state index contributed by atoms with van der Waals surface area (Å²) in [5.41, 5.74) is 2.40. The molecule has 3 aromatic carbocycles. The number of esters is 1. The summed E-state index contributed by atoms with van der Waals surface area (Å²) in [6.45, 7) is 0.177. The molecule has 3 rings (SSSR count). The van der Waals surface area contributed by atoms with Gasteiger partial charge in [-0.2, -0.15) is 0 Å². The first-order valence-electron chi connectivity index (χ1n) is 8.53. The van der Waals surface area contributed by atoms with Crippen LogP contribution in [0.25, 0.3) is 0 Å². The number of halogens is 1. The summed E-state index contributed by atoms with van der Waals surface area (Å²) in [7, 11) is 1.57. The molecule has 0 aliphatic rings. The lowest BCUT2D eigenvalue weighted by atomic mass is 10.1. The van der Waals surface area contributed by atoms with Crippen LogP contribution in [0.3, 0.4) is 0 Å². The van der Waals surface area contributed by atoms with Crippen LogP contribution in [-0.2, 0) is 11.3 Å². The van der Waals surface area contributed by atoms with E-state index in [0.29, 0.717) is 22.6 Å². The van der Waals surface area contributed by atoms with Crippen molar-refractivity contribution in [3.8, 4) is 5.75 Å². The number of hydrogen-bond donors (Lipinski definition) is 1. The van der Waals surface area contributed by atoms with Crippen molar-refractivity contribution in [3.63, 3.8) is 0 Å². The predicted octanol–water partition coefficient (Wildman–Crippen LogP) is 5.07. The molecule has 5 nitrogen and oxygen atoms in total. The van der Waals surface area contributed by atoms with Gasteiger partial charge in [-0.05, 0) is 54.6 Å². The van der Waals surface area contributed by atoms with Crippen molar-refractivity contribution < 1.29 is 19.1 Å². The second kappa shape index (κ2) is 9.19. The molecular weight excluding hydrogens is 422 g/mol. The molecule has 0 unspecified atom stereocenters. The largest absolute Gasteiger partial charge is 0.497 e. The van der Waals surface area contributed by atoms with E-state index in [2.05, 4.69) is 21.2 Å². The molecule has 1 amide bonds. The van der Waals surface area contributed by atoms with E-state index >= 15 is 0 Å². The number of benzene rings is 3. The molecule has 0 saturated carbocycles. The third-order valence-electron chi connectivity index (χ3n) is 4.05. The monoisotopic (exact) mass is 439 g/mol. The van der Waals surface area contributed by atoms with E-state index < -0.39 is 5.97 Å². The standard InChI is InChI=1S/C22H18BrNO4/c1-27-19-12-8-15(9-13-19)21(25)24-18-10-6-16(7-11-18)22(26)28-14-17-4-2-3-5-20(17)23/h2-13H,14H2,1H3,(H,24,25). The highest BCUT2D eigenvalue weighted by Crippen LogP contribution is 2.18. The zero-order valence-electron chi connectivity index (χ0n) is 15.1. The smallest absolute Gasteiger partial charge is 0.338 e. The van der Waals surface area contributed by atoms with Gasteiger partial charge in [0.2, 0.25) is 0 Å². The lowest BCUT2D eigenvalue weighted by Crippen LogP contribution is -2.12. The Bertz CT molecular complexity index is 969. The van der Waals surface area contributed by atoms with Crippen molar-refractivity contribution >= 4 is 33.5 Å². The number of anilines is 1. The van der Waals surface area contributed by atoms with E-state index in [0.717, 1.165) is 10.0 Å². The minimum Gasteiger partial charge on any atom is -0.497 e. The number of methoxy groups -OCH3 is 1. The lowest BCUT2D eigenvalue weighted by Gasteiger charge is -2.08. The van der Waals surface area contributed by atoms with Crippen LogP contribution >= 0.6 is 15.9 Å².